The Kier molecular flexibility index (Phi) is 5.59. The van der Waals surface area contributed by atoms with Gasteiger partial charge in [-0.2, -0.15) is 0 Å². The fourth-order valence-corrected chi connectivity index (χ4v) is 2.55. The van der Waals surface area contributed by atoms with Crippen LogP contribution in [-0.4, -0.2) is 61.6 Å². The number of hydrogen-bond donors (Lipinski definition) is 1. The molecule has 1 heterocycles. The Hall–Kier alpha value is -1.59. The number of anilines is 1. The van der Waals surface area contributed by atoms with Crippen LogP contribution < -0.4 is 10.1 Å². The average Bonchev–Trinajstić information content (AvgIpc) is 2.55. The van der Waals surface area contributed by atoms with Crippen LogP contribution >= 0.6 is 0 Å². The molecule has 1 aliphatic rings. The van der Waals surface area contributed by atoms with Gasteiger partial charge in [-0.05, 0) is 37.7 Å². The number of carbonyl (C=O) groups excluding carboxylic acids is 1. The summed E-state index contributed by atoms with van der Waals surface area (Å²) in [6.07, 6.45) is 0. The number of methoxy groups -OCH3 is 1. The second-order valence-corrected chi connectivity index (χ2v) is 5.36. The standard InChI is InChI=1S/C16H25N3O2/c1-4-18-9-11-19(12-10-18)13(2)16(20)17-14-5-7-15(21-3)8-6-14/h5-8,13H,4,9-12H2,1-3H3,(H,17,20). The maximum absolute atomic E-state index is 12.3. The van der Waals surface area contributed by atoms with Gasteiger partial charge in [0.2, 0.25) is 5.91 Å². The van der Waals surface area contributed by atoms with E-state index < -0.39 is 0 Å². The van der Waals surface area contributed by atoms with Crippen LogP contribution in [0.2, 0.25) is 0 Å². The molecule has 21 heavy (non-hydrogen) atoms. The van der Waals surface area contributed by atoms with Gasteiger partial charge in [-0.25, -0.2) is 0 Å². The highest BCUT2D eigenvalue weighted by molar-refractivity contribution is 5.94. The van der Waals surface area contributed by atoms with E-state index in [4.69, 9.17) is 4.74 Å². The van der Waals surface area contributed by atoms with Gasteiger partial charge in [0.25, 0.3) is 0 Å². The second kappa shape index (κ2) is 7.43. The normalized spacial score (nSPS) is 18.2. The summed E-state index contributed by atoms with van der Waals surface area (Å²) in [5.41, 5.74) is 0.805. The lowest BCUT2D eigenvalue weighted by atomic mass is 10.2. The molecule has 0 saturated carbocycles. The van der Waals surface area contributed by atoms with Gasteiger partial charge >= 0.3 is 0 Å². The number of nitrogens with one attached hydrogen (secondary N) is 1. The summed E-state index contributed by atoms with van der Waals surface area (Å²) in [5, 5.41) is 2.97. The first kappa shape index (κ1) is 15.8. The summed E-state index contributed by atoms with van der Waals surface area (Å²) >= 11 is 0. The van der Waals surface area contributed by atoms with Crippen molar-refractivity contribution in [1.82, 2.24) is 9.80 Å². The summed E-state index contributed by atoms with van der Waals surface area (Å²) in [5.74, 6) is 0.835. The molecule has 0 aromatic heterocycles. The smallest absolute Gasteiger partial charge is 0.241 e. The van der Waals surface area contributed by atoms with Crippen LogP contribution in [0.25, 0.3) is 0 Å². The molecule has 1 saturated heterocycles. The highest BCUT2D eigenvalue weighted by Crippen LogP contribution is 2.16. The average molecular weight is 291 g/mol. The van der Waals surface area contributed by atoms with Gasteiger partial charge in [-0.15, -0.1) is 0 Å². The zero-order valence-corrected chi connectivity index (χ0v) is 13.1. The molecule has 116 valence electrons. The number of piperazine rings is 1. The van der Waals surface area contributed by atoms with Crippen molar-refractivity contribution in [1.29, 1.82) is 0 Å². The topological polar surface area (TPSA) is 44.8 Å². The van der Waals surface area contributed by atoms with E-state index in [0.717, 1.165) is 44.2 Å². The molecular weight excluding hydrogens is 266 g/mol. The molecule has 1 fully saturated rings. The van der Waals surface area contributed by atoms with Crippen LogP contribution in [0.4, 0.5) is 5.69 Å². The first-order valence-corrected chi connectivity index (χ1v) is 7.55. The van der Waals surface area contributed by atoms with Gasteiger partial charge in [0.15, 0.2) is 0 Å². The van der Waals surface area contributed by atoms with E-state index in [1.54, 1.807) is 7.11 Å². The number of benzene rings is 1. The fraction of sp³-hybridized carbons (Fsp3) is 0.562. The third-order valence-corrected chi connectivity index (χ3v) is 4.14. The summed E-state index contributed by atoms with van der Waals surface area (Å²) in [6, 6.07) is 7.31. The first-order valence-electron chi connectivity index (χ1n) is 7.55. The lowest BCUT2D eigenvalue weighted by Gasteiger charge is -2.36. The molecule has 5 heteroatoms. The minimum absolute atomic E-state index is 0.0464. The van der Waals surface area contributed by atoms with Crippen molar-refractivity contribution in [3.8, 4) is 5.75 Å². The molecule has 1 unspecified atom stereocenters. The van der Waals surface area contributed by atoms with Crippen LogP contribution in [0.1, 0.15) is 13.8 Å². The molecule has 2 rings (SSSR count). The third kappa shape index (κ3) is 4.19. The third-order valence-electron chi connectivity index (χ3n) is 4.14. The lowest BCUT2D eigenvalue weighted by molar-refractivity contribution is -0.121. The zero-order valence-electron chi connectivity index (χ0n) is 13.1. The minimum Gasteiger partial charge on any atom is -0.497 e. The first-order chi connectivity index (χ1) is 10.1. The molecule has 0 radical (unpaired) electrons. The number of nitrogens with zero attached hydrogens (tertiary/aromatic N) is 2. The highest BCUT2D eigenvalue weighted by Gasteiger charge is 2.24. The van der Waals surface area contributed by atoms with E-state index in [9.17, 15) is 4.79 Å². The summed E-state index contributed by atoms with van der Waals surface area (Å²) < 4.78 is 5.11. The van der Waals surface area contributed by atoms with Gasteiger partial charge in [0, 0.05) is 31.9 Å². The molecule has 0 spiro atoms. The fourth-order valence-electron chi connectivity index (χ4n) is 2.55. The molecule has 1 amide bonds. The van der Waals surface area contributed by atoms with Crippen LogP contribution in [0.3, 0.4) is 0 Å². The second-order valence-electron chi connectivity index (χ2n) is 5.36. The van der Waals surface area contributed by atoms with Crippen molar-refractivity contribution in [2.75, 3.05) is 45.2 Å². The van der Waals surface area contributed by atoms with Crippen molar-refractivity contribution >= 4 is 11.6 Å². The van der Waals surface area contributed by atoms with Crippen LogP contribution in [0.15, 0.2) is 24.3 Å². The predicted octanol–water partition coefficient (Wildman–Crippen LogP) is 1.66. The van der Waals surface area contributed by atoms with Crippen molar-refractivity contribution in [3.05, 3.63) is 24.3 Å². The number of hydrogen-bond acceptors (Lipinski definition) is 4. The SMILES string of the molecule is CCN1CCN(C(C)C(=O)Nc2ccc(OC)cc2)CC1. The predicted molar refractivity (Wildman–Crippen MR) is 84.8 cm³/mol. The molecule has 1 aromatic rings. The van der Waals surface area contributed by atoms with Gasteiger partial charge in [-0.1, -0.05) is 6.92 Å². The molecule has 0 bridgehead atoms. The number of likely N-dealkylation sites (N-methyl/N-ethyl adjacent to an activating group) is 1. The van der Waals surface area contributed by atoms with Crippen molar-refractivity contribution in [2.24, 2.45) is 0 Å². The summed E-state index contributed by atoms with van der Waals surface area (Å²) in [7, 11) is 1.63. The molecule has 5 nitrogen and oxygen atoms in total. The van der Waals surface area contributed by atoms with Gasteiger partial charge in [0.1, 0.15) is 5.75 Å². The highest BCUT2D eigenvalue weighted by atomic mass is 16.5. The maximum atomic E-state index is 12.3. The Bertz CT molecular complexity index is 453. The lowest BCUT2D eigenvalue weighted by Crippen LogP contribution is -2.52. The summed E-state index contributed by atoms with van der Waals surface area (Å²) in [6.45, 7) is 9.21. The Morgan fingerprint density at radius 2 is 1.86 bits per heavy atom. The largest absolute Gasteiger partial charge is 0.497 e. The van der Waals surface area contributed by atoms with Gasteiger partial charge in [-0.3, -0.25) is 9.69 Å². The van der Waals surface area contributed by atoms with Crippen molar-refractivity contribution < 1.29 is 9.53 Å². The van der Waals surface area contributed by atoms with E-state index in [0.29, 0.717) is 0 Å². The Morgan fingerprint density at radius 3 is 2.38 bits per heavy atom. The zero-order chi connectivity index (χ0) is 15.2. The Labute approximate surface area is 126 Å². The molecule has 0 aliphatic carbocycles. The molecule has 1 aliphatic heterocycles. The molecular formula is C16H25N3O2. The van der Waals surface area contributed by atoms with E-state index in [1.807, 2.05) is 31.2 Å². The van der Waals surface area contributed by atoms with E-state index in [1.165, 1.54) is 0 Å². The van der Waals surface area contributed by atoms with Crippen molar-refractivity contribution in [2.45, 2.75) is 19.9 Å². The van der Waals surface area contributed by atoms with Crippen LogP contribution in [0.5, 0.6) is 5.75 Å². The van der Waals surface area contributed by atoms with Gasteiger partial charge < -0.3 is 15.0 Å². The van der Waals surface area contributed by atoms with Gasteiger partial charge in [0.05, 0.1) is 13.2 Å². The van der Waals surface area contributed by atoms with E-state index in [2.05, 4.69) is 22.0 Å². The van der Waals surface area contributed by atoms with E-state index in [-0.39, 0.29) is 11.9 Å². The Balaban J connectivity index is 1.87. The molecule has 1 N–H and O–H groups in total. The van der Waals surface area contributed by atoms with Crippen molar-refractivity contribution in [3.63, 3.8) is 0 Å². The number of carbonyl (C=O) groups is 1. The van der Waals surface area contributed by atoms with E-state index >= 15 is 0 Å². The molecule has 1 atom stereocenters. The maximum Gasteiger partial charge on any atom is 0.241 e. The monoisotopic (exact) mass is 291 g/mol. The van der Waals surface area contributed by atoms with Crippen LogP contribution in [0, 0.1) is 0 Å². The molecule has 1 aromatic carbocycles. The number of rotatable bonds is 5. The van der Waals surface area contributed by atoms with Crippen LogP contribution in [-0.2, 0) is 4.79 Å². The minimum atomic E-state index is -0.105. The number of ether oxygens (including phenoxy) is 1. The quantitative estimate of drug-likeness (QED) is 0.896. The number of amides is 1. The summed E-state index contributed by atoms with van der Waals surface area (Å²) in [4.78, 5) is 17.0. The Morgan fingerprint density at radius 1 is 1.24 bits per heavy atom.